The van der Waals surface area contributed by atoms with Gasteiger partial charge in [-0.15, -0.1) is 0 Å². The summed E-state index contributed by atoms with van der Waals surface area (Å²) < 4.78 is 1.88. The van der Waals surface area contributed by atoms with Crippen LogP contribution >= 0.6 is 0 Å². The molecule has 1 aliphatic carbocycles. The van der Waals surface area contributed by atoms with Gasteiger partial charge in [-0.2, -0.15) is 5.10 Å². The number of nitrogens with one attached hydrogen (secondary N) is 2. The quantitative estimate of drug-likeness (QED) is 0.860. The Kier molecular flexibility index (Phi) is 3.54. The van der Waals surface area contributed by atoms with E-state index in [0.29, 0.717) is 12.6 Å². The molecule has 1 amide bonds. The molecule has 2 atom stereocenters. The van der Waals surface area contributed by atoms with Gasteiger partial charge in [0.2, 0.25) is 5.91 Å². The summed E-state index contributed by atoms with van der Waals surface area (Å²) in [7, 11) is 1.95. The fourth-order valence-corrected chi connectivity index (χ4v) is 3.76. The Labute approximate surface area is 120 Å². The van der Waals surface area contributed by atoms with Gasteiger partial charge >= 0.3 is 0 Å². The molecule has 1 aromatic rings. The van der Waals surface area contributed by atoms with E-state index in [9.17, 15) is 4.79 Å². The molecule has 5 nitrogen and oxygen atoms in total. The predicted molar refractivity (Wildman–Crippen MR) is 77.4 cm³/mol. The number of fused-ring (bicyclic) bond motifs is 1. The Bertz CT molecular complexity index is 478. The topological polar surface area (TPSA) is 59.0 Å². The van der Waals surface area contributed by atoms with Gasteiger partial charge < -0.3 is 10.6 Å². The van der Waals surface area contributed by atoms with Gasteiger partial charge in [0.25, 0.3) is 0 Å². The lowest BCUT2D eigenvalue weighted by Crippen LogP contribution is -2.45. The normalized spacial score (nSPS) is 28.6. The van der Waals surface area contributed by atoms with E-state index in [1.807, 2.05) is 18.7 Å². The van der Waals surface area contributed by atoms with E-state index < -0.39 is 0 Å². The molecule has 0 aromatic carbocycles. The summed E-state index contributed by atoms with van der Waals surface area (Å²) >= 11 is 0. The van der Waals surface area contributed by atoms with Crippen LogP contribution in [0.1, 0.15) is 37.1 Å². The third-order valence-electron chi connectivity index (χ3n) is 5.03. The van der Waals surface area contributed by atoms with Crippen molar-refractivity contribution in [1.29, 1.82) is 0 Å². The summed E-state index contributed by atoms with van der Waals surface area (Å²) in [5.74, 6) is 0.248. The average molecular weight is 276 g/mol. The number of aromatic nitrogens is 2. The Morgan fingerprint density at radius 3 is 3.20 bits per heavy atom. The first-order valence-corrected chi connectivity index (χ1v) is 7.63. The number of carbonyl (C=O) groups is 1. The van der Waals surface area contributed by atoms with Crippen LogP contribution in [0.15, 0.2) is 6.07 Å². The Morgan fingerprint density at radius 1 is 1.60 bits per heavy atom. The number of hydrogen-bond donors (Lipinski definition) is 2. The zero-order valence-corrected chi connectivity index (χ0v) is 12.4. The number of amides is 1. The van der Waals surface area contributed by atoms with Crippen LogP contribution in [0.2, 0.25) is 0 Å². The average Bonchev–Trinajstić information content (AvgIpc) is 3.04. The molecule has 0 spiro atoms. The zero-order valence-electron chi connectivity index (χ0n) is 12.4. The molecule has 2 N–H and O–H groups in total. The summed E-state index contributed by atoms with van der Waals surface area (Å²) in [5.41, 5.74) is 2.08. The molecule has 20 heavy (non-hydrogen) atoms. The molecule has 0 bridgehead atoms. The molecule has 0 unspecified atom stereocenters. The second-order valence-corrected chi connectivity index (χ2v) is 6.21. The number of aryl methyl sites for hydroxylation is 2. The van der Waals surface area contributed by atoms with Crippen molar-refractivity contribution in [2.24, 2.45) is 12.5 Å². The molecule has 1 aliphatic heterocycles. The van der Waals surface area contributed by atoms with Gasteiger partial charge in [0.1, 0.15) is 0 Å². The number of carbonyl (C=O) groups excluding carboxylic acids is 1. The largest absolute Gasteiger partial charge is 0.355 e. The molecular weight excluding hydrogens is 252 g/mol. The molecule has 110 valence electrons. The van der Waals surface area contributed by atoms with E-state index in [-0.39, 0.29) is 11.3 Å². The van der Waals surface area contributed by atoms with Gasteiger partial charge in [-0.1, -0.05) is 6.42 Å². The maximum Gasteiger partial charge on any atom is 0.227 e. The van der Waals surface area contributed by atoms with E-state index >= 15 is 0 Å². The Hall–Kier alpha value is -1.36. The SMILES string of the molecule is Cc1cc(CCNC(=O)[C@]23CCC[C@H]2NCC3)nn1C. The smallest absolute Gasteiger partial charge is 0.227 e. The van der Waals surface area contributed by atoms with Crippen molar-refractivity contribution < 1.29 is 4.79 Å². The van der Waals surface area contributed by atoms with E-state index in [1.165, 1.54) is 6.42 Å². The Morgan fingerprint density at radius 2 is 2.45 bits per heavy atom. The van der Waals surface area contributed by atoms with E-state index in [0.717, 1.165) is 43.6 Å². The maximum atomic E-state index is 12.5. The van der Waals surface area contributed by atoms with Gasteiger partial charge in [0, 0.05) is 31.7 Å². The monoisotopic (exact) mass is 276 g/mol. The van der Waals surface area contributed by atoms with Gasteiger partial charge in [-0.05, 0) is 38.8 Å². The zero-order chi connectivity index (χ0) is 14.2. The lowest BCUT2D eigenvalue weighted by Gasteiger charge is -2.27. The van der Waals surface area contributed by atoms with Crippen LogP contribution in [0.5, 0.6) is 0 Å². The number of hydrogen-bond acceptors (Lipinski definition) is 3. The van der Waals surface area contributed by atoms with Crippen LogP contribution in [0.25, 0.3) is 0 Å². The second kappa shape index (κ2) is 5.20. The van der Waals surface area contributed by atoms with Crippen LogP contribution < -0.4 is 10.6 Å². The van der Waals surface area contributed by atoms with Crippen molar-refractivity contribution >= 4 is 5.91 Å². The molecule has 5 heteroatoms. The van der Waals surface area contributed by atoms with Crippen LogP contribution in [0.4, 0.5) is 0 Å². The van der Waals surface area contributed by atoms with Crippen molar-refractivity contribution in [3.8, 4) is 0 Å². The highest BCUT2D eigenvalue weighted by molar-refractivity contribution is 5.84. The van der Waals surface area contributed by atoms with Crippen molar-refractivity contribution in [1.82, 2.24) is 20.4 Å². The standard InChI is InChI=1S/C15H24N4O/c1-11-10-12(18-19(11)2)5-8-17-14(20)15-6-3-4-13(15)16-9-7-15/h10,13,16H,3-9H2,1-2H3,(H,17,20)/t13-,15+/m1/s1. The molecule has 1 aromatic heterocycles. The minimum absolute atomic E-state index is 0.125. The second-order valence-electron chi connectivity index (χ2n) is 6.21. The summed E-state index contributed by atoms with van der Waals surface area (Å²) in [4.78, 5) is 12.5. The van der Waals surface area contributed by atoms with Crippen molar-refractivity contribution in [3.05, 3.63) is 17.5 Å². The minimum atomic E-state index is -0.125. The molecule has 1 saturated heterocycles. The summed E-state index contributed by atoms with van der Waals surface area (Å²) in [6.07, 6.45) is 5.16. The van der Waals surface area contributed by atoms with Gasteiger partial charge in [-0.25, -0.2) is 0 Å². The van der Waals surface area contributed by atoms with Crippen molar-refractivity contribution in [2.75, 3.05) is 13.1 Å². The first kappa shape index (κ1) is 13.6. The van der Waals surface area contributed by atoms with Crippen molar-refractivity contribution in [3.63, 3.8) is 0 Å². The fraction of sp³-hybridized carbons (Fsp3) is 0.733. The van der Waals surface area contributed by atoms with Crippen LogP contribution in [0.3, 0.4) is 0 Å². The van der Waals surface area contributed by atoms with Crippen LogP contribution in [0, 0.1) is 12.3 Å². The highest BCUT2D eigenvalue weighted by Crippen LogP contribution is 2.44. The summed E-state index contributed by atoms with van der Waals surface area (Å²) in [6, 6.07) is 2.49. The number of rotatable bonds is 4. The molecule has 1 saturated carbocycles. The lowest BCUT2D eigenvalue weighted by atomic mass is 9.81. The van der Waals surface area contributed by atoms with Crippen molar-refractivity contribution in [2.45, 2.75) is 45.1 Å². The summed E-state index contributed by atoms with van der Waals surface area (Å²) in [5, 5.41) is 11.0. The first-order chi connectivity index (χ1) is 9.62. The van der Waals surface area contributed by atoms with E-state index in [4.69, 9.17) is 0 Å². The van der Waals surface area contributed by atoms with Crippen LogP contribution in [-0.2, 0) is 18.3 Å². The minimum Gasteiger partial charge on any atom is -0.355 e. The van der Waals surface area contributed by atoms with Crippen LogP contribution in [-0.4, -0.2) is 34.8 Å². The molecule has 2 aliphatic rings. The van der Waals surface area contributed by atoms with Gasteiger partial charge in [0.05, 0.1) is 11.1 Å². The summed E-state index contributed by atoms with van der Waals surface area (Å²) in [6.45, 7) is 3.71. The number of nitrogens with zero attached hydrogens (tertiary/aromatic N) is 2. The molecule has 2 heterocycles. The predicted octanol–water partition coefficient (Wildman–Crippen LogP) is 0.919. The lowest BCUT2D eigenvalue weighted by molar-refractivity contribution is -0.130. The third kappa shape index (κ3) is 2.24. The fourth-order valence-electron chi connectivity index (χ4n) is 3.76. The molecule has 3 rings (SSSR count). The Balaban J connectivity index is 1.54. The molecular formula is C15H24N4O. The molecule has 0 radical (unpaired) electrons. The van der Waals surface area contributed by atoms with Gasteiger partial charge in [-0.3, -0.25) is 9.48 Å². The highest BCUT2D eigenvalue weighted by atomic mass is 16.2. The van der Waals surface area contributed by atoms with E-state index in [1.54, 1.807) is 0 Å². The first-order valence-electron chi connectivity index (χ1n) is 7.63. The molecule has 2 fully saturated rings. The highest BCUT2D eigenvalue weighted by Gasteiger charge is 2.51. The van der Waals surface area contributed by atoms with E-state index in [2.05, 4.69) is 21.8 Å². The third-order valence-corrected chi connectivity index (χ3v) is 5.03. The maximum absolute atomic E-state index is 12.5. The van der Waals surface area contributed by atoms with Gasteiger partial charge in [0.15, 0.2) is 0 Å².